The van der Waals surface area contributed by atoms with Crippen molar-refractivity contribution in [1.29, 1.82) is 0 Å². The van der Waals surface area contributed by atoms with Gasteiger partial charge in [-0.25, -0.2) is 4.98 Å². The molecule has 0 bridgehead atoms. The minimum absolute atomic E-state index is 0.611. The topological polar surface area (TPSA) is 50.9 Å². The van der Waals surface area contributed by atoms with E-state index in [2.05, 4.69) is 22.6 Å². The van der Waals surface area contributed by atoms with Crippen molar-refractivity contribution in [2.75, 3.05) is 13.1 Å². The molecule has 0 saturated heterocycles. The fourth-order valence-electron chi connectivity index (χ4n) is 1.17. The second-order valence-electron chi connectivity index (χ2n) is 3.66. The maximum Gasteiger partial charge on any atom is 0.0897 e. The summed E-state index contributed by atoms with van der Waals surface area (Å²) in [5.41, 5.74) is 6.68. The van der Waals surface area contributed by atoms with E-state index in [0.29, 0.717) is 5.92 Å². The van der Waals surface area contributed by atoms with Gasteiger partial charge in [0, 0.05) is 11.9 Å². The van der Waals surface area contributed by atoms with E-state index in [1.165, 1.54) is 0 Å². The van der Waals surface area contributed by atoms with E-state index in [4.69, 9.17) is 5.73 Å². The fraction of sp³-hybridized carbons (Fsp3) is 0.700. The first-order chi connectivity index (χ1) is 6.72. The molecule has 1 heterocycles. The highest BCUT2D eigenvalue weighted by Gasteiger charge is 1.99. The average molecular weight is 213 g/mol. The summed E-state index contributed by atoms with van der Waals surface area (Å²) in [6.45, 7) is 6.88. The highest BCUT2D eigenvalue weighted by Crippen LogP contribution is 2.07. The van der Waals surface area contributed by atoms with Gasteiger partial charge < -0.3 is 11.1 Å². The Morgan fingerprint density at radius 1 is 1.64 bits per heavy atom. The van der Waals surface area contributed by atoms with Crippen molar-refractivity contribution in [2.45, 2.75) is 26.8 Å². The molecule has 0 saturated carbocycles. The average Bonchev–Trinajstić information content (AvgIpc) is 2.58. The van der Waals surface area contributed by atoms with Gasteiger partial charge in [0.1, 0.15) is 0 Å². The van der Waals surface area contributed by atoms with Crippen LogP contribution in [0.3, 0.4) is 0 Å². The zero-order valence-corrected chi connectivity index (χ0v) is 9.73. The Bertz CT molecular complexity index is 260. The van der Waals surface area contributed by atoms with Crippen LogP contribution in [0.25, 0.3) is 0 Å². The third-order valence-corrected chi connectivity index (χ3v) is 3.01. The van der Waals surface area contributed by atoms with Gasteiger partial charge in [-0.05, 0) is 32.4 Å². The fourth-order valence-corrected chi connectivity index (χ4v) is 1.78. The number of nitrogens with two attached hydrogens (primary N) is 1. The largest absolute Gasteiger partial charge is 0.330 e. The summed E-state index contributed by atoms with van der Waals surface area (Å²) in [5, 5.41) is 6.61. The number of rotatable bonds is 6. The van der Waals surface area contributed by atoms with Crippen molar-refractivity contribution in [3.05, 3.63) is 16.1 Å². The smallest absolute Gasteiger partial charge is 0.0897 e. The van der Waals surface area contributed by atoms with Crippen molar-refractivity contribution < 1.29 is 0 Å². The molecule has 4 heteroatoms. The summed E-state index contributed by atoms with van der Waals surface area (Å²) in [5.74, 6) is 0.611. The van der Waals surface area contributed by atoms with Crippen molar-refractivity contribution in [1.82, 2.24) is 10.3 Å². The summed E-state index contributed by atoms with van der Waals surface area (Å²) in [7, 11) is 0. The molecule has 0 aliphatic rings. The summed E-state index contributed by atoms with van der Waals surface area (Å²) in [6.07, 6.45) is 1.14. The zero-order chi connectivity index (χ0) is 10.4. The minimum atomic E-state index is 0.611. The molecule has 14 heavy (non-hydrogen) atoms. The van der Waals surface area contributed by atoms with Gasteiger partial charge >= 0.3 is 0 Å². The second kappa shape index (κ2) is 6.11. The first-order valence-corrected chi connectivity index (χ1v) is 5.92. The van der Waals surface area contributed by atoms with Crippen LogP contribution in [0.5, 0.6) is 0 Å². The molecule has 1 rings (SSSR count). The number of nitrogens with one attached hydrogen (secondary N) is 1. The van der Waals surface area contributed by atoms with E-state index in [0.717, 1.165) is 36.8 Å². The van der Waals surface area contributed by atoms with Crippen LogP contribution in [-0.2, 0) is 6.54 Å². The minimum Gasteiger partial charge on any atom is -0.330 e. The van der Waals surface area contributed by atoms with E-state index >= 15 is 0 Å². The van der Waals surface area contributed by atoms with Crippen molar-refractivity contribution in [2.24, 2.45) is 11.7 Å². The quantitative estimate of drug-likeness (QED) is 0.705. The van der Waals surface area contributed by atoms with E-state index in [-0.39, 0.29) is 0 Å². The van der Waals surface area contributed by atoms with Crippen LogP contribution < -0.4 is 11.1 Å². The van der Waals surface area contributed by atoms with Gasteiger partial charge in [0.05, 0.1) is 10.7 Å². The van der Waals surface area contributed by atoms with Crippen LogP contribution in [0.2, 0.25) is 0 Å². The van der Waals surface area contributed by atoms with Gasteiger partial charge in [-0.1, -0.05) is 6.92 Å². The lowest BCUT2D eigenvalue weighted by Gasteiger charge is -2.07. The van der Waals surface area contributed by atoms with Crippen LogP contribution >= 0.6 is 11.3 Å². The van der Waals surface area contributed by atoms with Gasteiger partial charge in [-0.15, -0.1) is 11.3 Å². The molecule has 0 amide bonds. The van der Waals surface area contributed by atoms with Gasteiger partial charge in [0.25, 0.3) is 0 Å². The monoisotopic (exact) mass is 213 g/mol. The van der Waals surface area contributed by atoms with E-state index in [1.807, 2.05) is 6.92 Å². The molecule has 0 fully saturated rings. The van der Waals surface area contributed by atoms with Crippen molar-refractivity contribution in [3.8, 4) is 0 Å². The number of aryl methyl sites for hydroxylation is 1. The lowest BCUT2D eigenvalue weighted by Crippen LogP contribution is -2.20. The molecule has 3 nitrogen and oxygen atoms in total. The summed E-state index contributed by atoms with van der Waals surface area (Å²) in [6, 6.07) is 0. The number of hydrogen-bond acceptors (Lipinski definition) is 4. The molecule has 0 radical (unpaired) electrons. The normalized spacial score (nSPS) is 13.1. The lowest BCUT2D eigenvalue weighted by molar-refractivity contribution is 0.508. The molecule has 0 spiro atoms. The van der Waals surface area contributed by atoms with Gasteiger partial charge in [0.15, 0.2) is 0 Å². The third kappa shape index (κ3) is 4.17. The summed E-state index contributed by atoms with van der Waals surface area (Å²) < 4.78 is 0. The van der Waals surface area contributed by atoms with Gasteiger partial charge in [0.2, 0.25) is 0 Å². The predicted octanol–water partition coefficient (Wildman–Crippen LogP) is 1.53. The zero-order valence-electron chi connectivity index (χ0n) is 8.92. The lowest BCUT2D eigenvalue weighted by atomic mass is 10.1. The second-order valence-corrected chi connectivity index (χ2v) is 4.73. The van der Waals surface area contributed by atoms with Crippen molar-refractivity contribution in [3.63, 3.8) is 0 Å². The molecule has 0 aliphatic heterocycles. The van der Waals surface area contributed by atoms with Crippen molar-refractivity contribution >= 4 is 11.3 Å². The van der Waals surface area contributed by atoms with Gasteiger partial charge in [-0.2, -0.15) is 0 Å². The van der Waals surface area contributed by atoms with Crippen LogP contribution in [0.1, 0.15) is 24.0 Å². The van der Waals surface area contributed by atoms with E-state index in [1.54, 1.807) is 11.3 Å². The maximum atomic E-state index is 5.53. The van der Waals surface area contributed by atoms with E-state index < -0.39 is 0 Å². The summed E-state index contributed by atoms with van der Waals surface area (Å²) in [4.78, 5) is 4.38. The van der Waals surface area contributed by atoms with Crippen LogP contribution in [0, 0.1) is 12.8 Å². The molecule has 3 N–H and O–H groups in total. The molecule has 0 aliphatic carbocycles. The Labute approximate surface area is 89.7 Å². The third-order valence-electron chi connectivity index (χ3n) is 2.19. The van der Waals surface area contributed by atoms with Gasteiger partial charge in [-0.3, -0.25) is 0 Å². The first kappa shape index (κ1) is 11.6. The molecule has 80 valence electrons. The number of nitrogens with zero attached hydrogens (tertiary/aromatic N) is 1. The Hall–Kier alpha value is -0.450. The number of aromatic nitrogens is 1. The highest BCUT2D eigenvalue weighted by molar-refractivity contribution is 7.09. The van der Waals surface area contributed by atoms with Crippen LogP contribution in [-0.4, -0.2) is 18.1 Å². The first-order valence-electron chi connectivity index (χ1n) is 5.04. The molecular formula is C10H19N3S. The molecule has 1 aromatic heterocycles. The molecule has 0 aromatic carbocycles. The van der Waals surface area contributed by atoms with Crippen LogP contribution in [0.15, 0.2) is 5.38 Å². The molecule has 1 atom stereocenters. The Morgan fingerprint density at radius 2 is 2.43 bits per heavy atom. The predicted molar refractivity (Wildman–Crippen MR) is 61.4 cm³/mol. The van der Waals surface area contributed by atoms with E-state index in [9.17, 15) is 0 Å². The summed E-state index contributed by atoms with van der Waals surface area (Å²) >= 11 is 1.70. The Balaban J connectivity index is 2.10. The Kier molecular flexibility index (Phi) is 5.07. The Morgan fingerprint density at radius 3 is 3.00 bits per heavy atom. The highest BCUT2D eigenvalue weighted by atomic mass is 32.1. The SMILES string of the molecule is Cc1nc(CNCCC(C)CN)cs1. The maximum absolute atomic E-state index is 5.53. The molecular weight excluding hydrogens is 194 g/mol. The molecule has 1 unspecified atom stereocenters. The number of thiazole rings is 1. The molecule has 1 aromatic rings. The number of hydrogen-bond donors (Lipinski definition) is 2. The standard InChI is InChI=1S/C10H19N3S/c1-8(5-11)3-4-12-6-10-7-14-9(2)13-10/h7-8,12H,3-6,11H2,1-2H3. The van der Waals surface area contributed by atoms with Crippen LogP contribution in [0.4, 0.5) is 0 Å².